The number of para-hydroxylation sites is 4. The van der Waals surface area contributed by atoms with E-state index in [-0.39, 0.29) is 5.41 Å². The number of aryl methyl sites for hydroxylation is 1. The van der Waals surface area contributed by atoms with E-state index in [1.807, 2.05) is 0 Å². The lowest BCUT2D eigenvalue weighted by atomic mass is 9.72. The van der Waals surface area contributed by atoms with Gasteiger partial charge in [0.1, 0.15) is 0 Å². The zero-order valence-corrected chi connectivity index (χ0v) is 39.1. The van der Waals surface area contributed by atoms with Crippen LogP contribution < -0.4 is 0 Å². The van der Waals surface area contributed by atoms with Crippen LogP contribution in [0.15, 0.2) is 255 Å². The Labute approximate surface area is 413 Å². The molecule has 0 atom stereocenters. The van der Waals surface area contributed by atoms with Crippen LogP contribution in [0.1, 0.15) is 28.7 Å². The van der Waals surface area contributed by atoms with E-state index < -0.39 is 0 Å². The molecule has 0 unspecified atom stereocenters. The van der Waals surface area contributed by atoms with Crippen LogP contribution in [-0.2, 0) is 11.8 Å². The molecule has 2 nitrogen and oxygen atoms in total. The number of nitrogens with zero attached hydrogens (tertiary/aromatic N) is 2. The second-order valence-corrected chi connectivity index (χ2v) is 19.6. The lowest BCUT2D eigenvalue weighted by Gasteiger charge is -2.29. The van der Waals surface area contributed by atoms with Gasteiger partial charge in [0, 0.05) is 38.3 Å². The van der Waals surface area contributed by atoms with Crippen LogP contribution in [0, 0.1) is 0 Å². The van der Waals surface area contributed by atoms with Gasteiger partial charge in [-0.05, 0) is 164 Å². The fraction of sp³-hybridized carbons (Fsp3) is 0.0435. The fourth-order valence-electron chi connectivity index (χ4n) is 12.7. The lowest BCUT2D eigenvalue weighted by molar-refractivity contribution is 0.626. The van der Waals surface area contributed by atoms with Crippen LogP contribution in [0.2, 0.25) is 0 Å². The average Bonchev–Trinajstić information content (AvgIpc) is 4.18. The molecule has 2 heterocycles. The van der Waals surface area contributed by atoms with Crippen molar-refractivity contribution in [3.63, 3.8) is 0 Å². The molecule has 0 aliphatic heterocycles. The molecule has 13 aromatic rings. The van der Waals surface area contributed by atoms with Gasteiger partial charge in [-0.25, -0.2) is 0 Å². The fourth-order valence-corrected chi connectivity index (χ4v) is 12.7. The summed E-state index contributed by atoms with van der Waals surface area (Å²) in [5.74, 6) is 0. The summed E-state index contributed by atoms with van der Waals surface area (Å²) < 4.78 is 4.76. The Bertz CT molecular complexity index is 4000. The SMILES string of the molecule is c1ccc(-n2c3ccccc3c3cc(-c4ccc(-c5ccc6c(c5)C5(CCc7ccccc75)c5cc(-c7ccc(-c8ccc9c(c8)c8ccccc8n9-c8ccccc8)cc7)ccc5-6)cc4)ccc32)cc1. The molecule has 332 valence electrons. The van der Waals surface area contributed by atoms with Crippen LogP contribution in [0.4, 0.5) is 0 Å². The molecule has 2 aliphatic rings. The molecule has 0 amide bonds. The maximum absolute atomic E-state index is 2.51. The molecule has 0 N–H and O–H groups in total. The zero-order valence-electron chi connectivity index (χ0n) is 39.1. The molecule has 0 radical (unpaired) electrons. The highest BCUT2D eigenvalue weighted by atomic mass is 15.0. The van der Waals surface area contributed by atoms with Crippen molar-refractivity contribution in [2.45, 2.75) is 18.3 Å². The number of hydrogen-bond acceptors (Lipinski definition) is 0. The predicted octanol–water partition coefficient (Wildman–Crippen LogP) is 17.8. The van der Waals surface area contributed by atoms with E-state index in [4.69, 9.17) is 0 Å². The van der Waals surface area contributed by atoms with Crippen LogP contribution in [0.3, 0.4) is 0 Å². The molecule has 2 aromatic heterocycles. The summed E-state index contributed by atoms with van der Waals surface area (Å²) in [5.41, 5.74) is 25.4. The van der Waals surface area contributed by atoms with Gasteiger partial charge < -0.3 is 9.13 Å². The van der Waals surface area contributed by atoms with E-state index in [1.54, 1.807) is 0 Å². The maximum atomic E-state index is 2.51. The molecule has 0 fully saturated rings. The third-order valence-electron chi connectivity index (χ3n) is 16.0. The van der Waals surface area contributed by atoms with Gasteiger partial charge >= 0.3 is 0 Å². The highest BCUT2D eigenvalue weighted by molar-refractivity contribution is 6.11. The molecule has 2 aliphatic carbocycles. The Kier molecular flexibility index (Phi) is 8.73. The second kappa shape index (κ2) is 15.5. The van der Waals surface area contributed by atoms with Crippen molar-refractivity contribution in [2.24, 2.45) is 0 Å². The normalized spacial score (nSPS) is 13.4. The standard InChI is InChI=1S/C69H46N2/c1-3-14-54(15-4-1)70-65-21-11-8-18-58(65)60-41-50(33-37-67(60)70)45-23-27-47(28-24-45)52-31-35-56-57-36-32-53(44-64(57)69(63(56)43-52)40-39-49-13-7-10-20-62(49)69)48-29-25-46(26-30-48)51-34-38-68-61(42-51)59-19-9-12-22-66(59)71(68)55-16-5-2-6-17-55/h1-38,41-44H,39-40H2. The molecule has 71 heavy (non-hydrogen) atoms. The number of benzene rings is 11. The van der Waals surface area contributed by atoms with Crippen molar-refractivity contribution in [3.8, 4) is 67.0 Å². The Morgan fingerprint density at radius 1 is 0.268 bits per heavy atom. The van der Waals surface area contributed by atoms with Crippen LogP contribution >= 0.6 is 0 Å². The summed E-state index contributed by atoms with van der Waals surface area (Å²) in [4.78, 5) is 0. The topological polar surface area (TPSA) is 9.86 Å². The smallest absolute Gasteiger partial charge is 0.0541 e. The number of aromatic nitrogens is 2. The van der Waals surface area contributed by atoms with Crippen molar-refractivity contribution in [1.29, 1.82) is 0 Å². The largest absolute Gasteiger partial charge is 0.309 e. The van der Waals surface area contributed by atoms with Gasteiger partial charge in [-0.3, -0.25) is 0 Å². The summed E-state index contributed by atoms with van der Waals surface area (Å²) in [7, 11) is 0. The number of fused-ring (bicyclic) bond motifs is 13. The third-order valence-corrected chi connectivity index (χ3v) is 16.0. The molecule has 1 spiro atoms. The van der Waals surface area contributed by atoms with E-state index in [0.717, 1.165) is 12.8 Å². The average molecular weight is 903 g/mol. The van der Waals surface area contributed by atoms with Gasteiger partial charge in [-0.2, -0.15) is 0 Å². The summed E-state index contributed by atoms with van der Waals surface area (Å²) >= 11 is 0. The first-order valence-corrected chi connectivity index (χ1v) is 24.9. The zero-order chi connectivity index (χ0) is 46.6. The van der Waals surface area contributed by atoms with Gasteiger partial charge in [-0.1, -0.05) is 182 Å². The Morgan fingerprint density at radius 2 is 0.634 bits per heavy atom. The first kappa shape index (κ1) is 40.0. The molecule has 0 saturated heterocycles. The van der Waals surface area contributed by atoms with E-state index in [0.29, 0.717) is 0 Å². The van der Waals surface area contributed by atoms with Gasteiger partial charge in [0.15, 0.2) is 0 Å². The first-order chi connectivity index (χ1) is 35.2. The van der Waals surface area contributed by atoms with Crippen molar-refractivity contribution in [1.82, 2.24) is 9.13 Å². The third kappa shape index (κ3) is 6.01. The van der Waals surface area contributed by atoms with E-state index in [1.165, 1.54) is 133 Å². The van der Waals surface area contributed by atoms with E-state index >= 15 is 0 Å². The lowest BCUT2D eigenvalue weighted by Crippen LogP contribution is -2.23. The molecule has 11 aromatic carbocycles. The van der Waals surface area contributed by atoms with Crippen LogP contribution in [-0.4, -0.2) is 9.13 Å². The monoisotopic (exact) mass is 902 g/mol. The van der Waals surface area contributed by atoms with Crippen molar-refractivity contribution in [3.05, 3.63) is 277 Å². The number of rotatable bonds is 6. The van der Waals surface area contributed by atoms with Gasteiger partial charge in [0.25, 0.3) is 0 Å². The quantitative estimate of drug-likeness (QED) is 0.157. The summed E-state index contributed by atoms with van der Waals surface area (Å²) in [6, 6.07) is 94.9. The first-order valence-electron chi connectivity index (χ1n) is 24.9. The Hall–Kier alpha value is -8.98. The minimum atomic E-state index is -0.212. The minimum absolute atomic E-state index is 0.212. The summed E-state index contributed by atoms with van der Waals surface area (Å²) in [5, 5.41) is 5.07. The van der Waals surface area contributed by atoms with Crippen molar-refractivity contribution < 1.29 is 0 Å². The maximum Gasteiger partial charge on any atom is 0.0541 e. The van der Waals surface area contributed by atoms with Crippen LogP contribution in [0.25, 0.3) is 111 Å². The summed E-state index contributed by atoms with van der Waals surface area (Å²) in [6.45, 7) is 0. The summed E-state index contributed by atoms with van der Waals surface area (Å²) in [6.07, 6.45) is 2.12. The molecule has 15 rings (SSSR count). The predicted molar refractivity (Wildman–Crippen MR) is 297 cm³/mol. The molecule has 2 heteroatoms. The van der Waals surface area contributed by atoms with Gasteiger partial charge in [-0.15, -0.1) is 0 Å². The Balaban J connectivity index is 0.770. The van der Waals surface area contributed by atoms with Crippen molar-refractivity contribution >= 4 is 43.6 Å². The number of hydrogen-bond donors (Lipinski definition) is 0. The van der Waals surface area contributed by atoms with E-state index in [2.05, 4.69) is 264 Å². The van der Waals surface area contributed by atoms with Crippen molar-refractivity contribution in [2.75, 3.05) is 0 Å². The highest BCUT2D eigenvalue weighted by Crippen LogP contribution is 2.59. The highest BCUT2D eigenvalue weighted by Gasteiger charge is 2.48. The Morgan fingerprint density at radius 3 is 1.11 bits per heavy atom. The molecule has 0 bridgehead atoms. The van der Waals surface area contributed by atoms with Gasteiger partial charge in [0.2, 0.25) is 0 Å². The van der Waals surface area contributed by atoms with E-state index in [9.17, 15) is 0 Å². The second-order valence-electron chi connectivity index (χ2n) is 19.6. The van der Waals surface area contributed by atoms with Gasteiger partial charge in [0.05, 0.1) is 22.1 Å². The molecular weight excluding hydrogens is 857 g/mol. The molecular formula is C69H46N2. The molecule has 0 saturated carbocycles. The minimum Gasteiger partial charge on any atom is -0.309 e. The van der Waals surface area contributed by atoms with Crippen LogP contribution in [0.5, 0.6) is 0 Å².